The van der Waals surface area contributed by atoms with Crippen molar-refractivity contribution < 1.29 is 9.84 Å². The van der Waals surface area contributed by atoms with Gasteiger partial charge in [-0.25, -0.2) is 0 Å². The van der Waals surface area contributed by atoms with Gasteiger partial charge in [0.05, 0.1) is 6.61 Å². The van der Waals surface area contributed by atoms with E-state index >= 15 is 0 Å². The Balaban J connectivity index is 2.28. The molecule has 0 N–H and O–H groups in total. The zero-order chi connectivity index (χ0) is 7.94. The van der Waals surface area contributed by atoms with Crippen molar-refractivity contribution in [1.29, 1.82) is 0 Å². The molecule has 0 atom stereocenters. The second-order valence-corrected chi connectivity index (χ2v) is 2.24. The first-order chi connectivity index (χ1) is 5.43. The number of ether oxygens (including phenoxy) is 1. The van der Waals surface area contributed by atoms with Crippen molar-refractivity contribution >= 4 is 0 Å². The fourth-order valence-electron chi connectivity index (χ4n) is 0.823. The van der Waals surface area contributed by atoms with Gasteiger partial charge in [-0.1, -0.05) is 30.3 Å². The molecule has 0 aromatic heterocycles. The molecule has 0 heterocycles. The highest BCUT2D eigenvalue weighted by Gasteiger charge is 1.87. The van der Waals surface area contributed by atoms with Gasteiger partial charge in [-0.15, -0.1) is 6.61 Å². The van der Waals surface area contributed by atoms with Crippen molar-refractivity contribution in [3.63, 3.8) is 0 Å². The van der Waals surface area contributed by atoms with E-state index < -0.39 is 0 Å². The van der Waals surface area contributed by atoms with E-state index in [4.69, 9.17) is 4.74 Å². The Kier molecular flexibility index (Phi) is 3.65. The molecule has 0 aliphatic heterocycles. The summed E-state index contributed by atoms with van der Waals surface area (Å²) in [6.07, 6.45) is 0. The number of hydrogen-bond donors (Lipinski definition) is 0. The molecule has 0 spiro atoms. The van der Waals surface area contributed by atoms with Gasteiger partial charge in [-0.2, -0.15) is 0 Å². The second-order valence-electron chi connectivity index (χ2n) is 2.24. The summed E-state index contributed by atoms with van der Waals surface area (Å²) in [5.74, 6) is 0. The van der Waals surface area contributed by atoms with Crippen molar-refractivity contribution in [3.05, 3.63) is 35.9 Å². The zero-order valence-corrected chi connectivity index (χ0v) is 6.32. The van der Waals surface area contributed by atoms with E-state index in [-0.39, 0.29) is 6.61 Å². The average Bonchev–Trinajstić information content (AvgIpc) is 2.07. The standard InChI is InChI=1S/C9H11O2/c10-6-7-11-8-9-4-2-1-3-5-9/h1-5H,6-8H2/q-1. The minimum atomic E-state index is -0.160. The first-order valence-corrected chi connectivity index (χ1v) is 3.63. The molecular formula is C9H11O2-. The Labute approximate surface area is 66.4 Å². The lowest BCUT2D eigenvalue weighted by atomic mass is 10.2. The van der Waals surface area contributed by atoms with Crippen molar-refractivity contribution in [2.75, 3.05) is 13.2 Å². The molecule has 2 heteroatoms. The molecule has 0 bridgehead atoms. The van der Waals surface area contributed by atoms with Gasteiger partial charge in [-0.05, 0) is 5.56 Å². The predicted octanol–water partition coefficient (Wildman–Crippen LogP) is 0.563. The van der Waals surface area contributed by atoms with Crippen LogP contribution in [0.25, 0.3) is 0 Å². The van der Waals surface area contributed by atoms with Crippen molar-refractivity contribution in [1.82, 2.24) is 0 Å². The molecular weight excluding hydrogens is 140 g/mol. The molecule has 0 amide bonds. The van der Waals surface area contributed by atoms with Crippen LogP contribution in [0.4, 0.5) is 0 Å². The Hall–Kier alpha value is -0.860. The van der Waals surface area contributed by atoms with Gasteiger partial charge in [0.25, 0.3) is 0 Å². The van der Waals surface area contributed by atoms with Gasteiger partial charge < -0.3 is 9.84 Å². The highest BCUT2D eigenvalue weighted by molar-refractivity contribution is 5.13. The largest absolute Gasteiger partial charge is 0.853 e. The predicted molar refractivity (Wildman–Crippen MR) is 41.0 cm³/mol. The van der Waals surface area contributed by atoms with Gasteiger partial charge in [0.1, 0.15) is 0 Å². The molecule has 1 aromatic rings. The Bertz CT molecular complexity index is 184. The molecule has 1 rings (SSSR count). The third-order valence-electron chi connectivity index (χ3n) is 1.34. The third kappa shape index (κ3) is 3.16. The maximum atomic E-state index is 10.00. The summed E-state index contributed by atoms with van der Waals surface area (Å²) in [7, 11) is 0. The van der Waals surface area contributed by atoms with E-state index in [9.17, 15) is 5.11 Å². The highest BCUT2D eigenvalue weighted by Crippen LogP contribution is 1.99. The van der Waals surface area contributed by atoms with Crippen LogP contribution in [0.3, 0.4) is 0 Å². The summed E-state index contributed by atoms with van der Waals surface area (Å²) in [5.41, 5.74) is 1.11. The zero-order valence-electron chi connectivity index (χ0n) is 6.32. The van der Waals surface area contributed by atoms with Gasteiger partial charge in [-0.3, -0.25) is 0 Å². The quantitative estimate of drug-likeness (QED) is 0.589. The smallest absolute Gasteiger partial charge is 0.0716 e. The Morgan fingerprint density at radius 2 is 1.91 bits per heavy atom. The SMILES string of the molecule is [O-]CCOCc1ccccc1. The van der Waals surface area contributed by atoms with E-state index in [2.05, 4.69) is 0 Å². The topological polar surface area (TPSA) is 32.3 Å². The minimum absolute atomic E-state index is 0.160. The summed E-state index contributed by atoms with van der Waals surface area (Å²) in [6, 6.07) is 9.82. The third-order valence-corrected chi connectivity index (χ3v) is 1.34. The normalized spacial score (nSPS) is 9.91. The maximum Gasteiger partial charge on any atom is 0.0716 e. The fourth-order valence-corrected chi connectivity index (χ4v) is 0.823. The Morgan fingerprint density at radius 1 is 1.18 bits per heavy atom. The monoisotopic (exact) mass is 151 g/mol. The molecule has 60 valence electrons. The molecule has 0 fully saturated rings. The van der Waals surface area contributed by atoms with Gasteiger partial charge in [0.15, 0.2) is 0 Å². The molecule has 0 aliphatic rings. The summed E-state index contributed by atoms with van der Waals surface area (Å²) in [5, 5.41) is 10.00. The molecule has 0 saturated heterocycles. The molecule has 0 aliphatic carbocycles. The lowest BCUT2D eigenvalue weighted by molar-refractivity contribution is -0.374. The maximum absolute atomic E-state index is 10.00. The molecule has 0 unspecified atom stereocenters. The minimum Gasteiger partial charge on any atom is -0.853 e. The van der Waals surface area contributed by atoms with Crippen LogP contribution in [0.5, 0.6) is 0 Å². The second kappa shape index (κ2) is 4.88. The van der Waals surface area contributed by atoms with E-state index in [0.717, 1.165) is 5.56 Å². The van der Waals surface area contributed by atoms with Gasteiger partial charge in [0, 0.05) is 6.61 Å². The van der Waals surface area contributed by atoms with Crippen LogP contribution >= 0.6 is 0 Å². The van der Waals surface area contributed by atoms with Gasteiger partial charge in [0.2, 0.25) is 0 Å². The number of benzene rings is 1. The van der Waals surface area contributed by atoms with Crippen LogP contribution in [-0.2, 0) is 11.3 Å². The van der Waals surface area contributed by atoms with E-state index in [1.807, 2.05) is 30.3 Å². The van der Waals surface area contributed by atoms with Crippen molar-refractivity contribution in [2.24, 2.45) is 0 Å². The summed E-state index contributed by atoms with van der Waals surface area (Å²) in [6.45, 7) is 0.685. The van der Waals surface area contributed by atoms with Crippen molar-refractivity contribution in [2.45, 2.75) is 6.61 Å². The first kappa shape index (κ1) is 8.24. The number of hydrogen-bond acceptors (Lipinski definition) is 2. The van der Waals surface area contributed by atoms with Crippen LogP contribution in [0.1, 0.15) is 5.56 Å². The van der Waals surface area contributed by atoms with Crippen LogP contribution in [0.15, 0.2) is 30.3 Å². The average molecular weight is 151 g/mol. The Morgan fingerprint density at radius 3 is 2.55 bits per heavy atom. The highest BCUT2D eigenvalue weighted by atomic mass is 16.5. The van der Waals surface area contributed by atoms with Crippen LogP contribution in [0, 0.1) is 0 Å². The molecule has 0 saturated carbocycles. The van der Waals surface area contributed by atoms with Gasteiger partial charge >= 0.3 is 0 Å². The van der Waals surface area contributed by atoms with Crippen molar-refractivity contribution in [3.8, 4) is 0 Å². The lowest BCUT2D eigenvalue weighted by Crippen LogP contribution is -2.12. The van der Waals surface area contributed by atoms with Crippen LogP contribution < -0.4 is 5.11 Å². The summed E-state index contributed by atoms with van der Waals surface area (Å²) >= 11 is 0. The van der Waals surface area contributed by atoms with E-state index in [1.165, 1.54) is 0 Å². The van der Waals surface area contributed by atoms with E-state index in [1.54, 1.807) is 0 Å². The summed E-state index contributed by atoms with van der Waals surface area (Å²) < 4.78 is 5.06. The summed E-state index contributed by atoms with van der Waals surface area (Å²) in [4.78, 5) is 0. The number of rotatable bonds is 4. The molecule has 1 aromatic carbocycles. The molecule has 11 heavy (non-hydrogen) atoms. The fraction of sp³-hybridized carbons (Fsp3) is 0.333. The first-order valence-electron chi connectivity index (χ1n) is 3.63. The molecule has 2 nitrogen and oxygen atoms in total. The lowest BCUT2D eigenvalue weighted by Gasteiger charge is -2.05. The molecule has 0 radical (unpaired) electrons. The van der Waals surface area contributed by atoms with Crippen LogP contribution in [-0.4, -0.2) is 13.2 Å². The van der Waals surface area contributed by atoms with E-state index in [0.29, 0.717) is 13.2 Å². The van der Waals surface area contributed by atoms with Crippen LogP contribution in [0.2, 0.25) is 0 Å².